The third kappa shape index (κ3) is 2.88. The molecule has 2 N–H and O–H groups in total. The molecule has 8 nitrogen and oxygen atoms in total. The van der Waals surface area contributed by atoms with Crippen molar-refractivity contribution in [2.24, 2.45) is 0 Å². The molecular formula is C8H12N6O2S. The van der Waals surface area contributed by atoms with Crippen molar-refractivity contribution in [2.75, 3.05) is 6.54 Å². The van der Waals surface area contributed by atoms with E-state index >= 15 is 0 Å². The van der Waals surface area contributed by atoms with E-state index in [9.17, 15) is 8.42 Å². The molecule has 0 aliphatic carbocycles. The molecule has 17 heavy (non-hydrogen) atoms. The number of H-pyrrole nitrogens is 1. The van der Waals surface area contributed by atoms with Crippen LogP contribution in [0.5, 0.6) is 0 Å². The van der Waals surface area contributed by atoms with Gasteiger partial charge in [-0.15, -0.1) is 5.10 Å². The van der Waals surface area contributed by atoms with Crippen molar-refractivity contribution in [3.05, 3.63) is 24.4 Å². The van der Waals surface area contributed by atoms with Crippen molar-refractivity contribution in [1.29, 1.82) is 0 Å². The molecule has 0 aliphatic heterocycles. The lowest BCUT2D eigenvalue weighted by Crippen LogP contribution is -2.27. The second kappa shape index (κ2) is 4.63. The van der Waals surface area contributed by atoms with Gasteiger partial charge in [0.05, 0.1) is 18.9 Å². The van der Waals surface area contributed by atoms with E-state index in [4.69, 9.17) is 0 Å². The predicted molar refractivity (Wildman–Crippen MR) is 58.5 cm³/mol. The van der Waals surface area contributed by atoms with Gasteiger partial charge >= 0.3 is 0 Å². The van der Waals surface area contributed by atoms with E-state index in [1.54, 1.807) is 17.8 Å². The van der Waals surface area contributed by atoms with Crippen LogP contribution in [0.3, 0.4) is 0 Å². The number of nitrogens with zero attached hydrogens (tertiary/aromatic N) is 4. The lowest BCUT2D eigenvalue weighted by molar-refractivity contribution is 0.551. The number of aromatic amines is 1. The average Bonchev–Trinajstić information content (AvgIpc) is 2.89. The Morgan fingerprint density at radius 1 is 1.53 bits per heavy atom. The van der Waals surface area contributed by atoms with E-state index in [1.165, 1.54) is 12.4 Å². The van der Waals surface area contributed by atoms with Crippen LogP contribution < -0.4 is 4.72 Å². The summed E-state index contributed by atoms with van der Waals surface area (Å²) in [4.78, 5) is 6.50. The fourth-order valence-corrected chi connectivity index (χ4v) is 2.25. The van der Waals surface area contributed by atoms with E-state index in [-0.39, 0.29) is 11.6 Å². The van der Waals surface area contributed by atoms with Crippen molar-refractivity contribution in [3.8, 4) is 0 Å². The molecule has 0 unspecified atom stereocenters. The molecule has 92 valence electrons. The van der Waals surface area contributed by atoms with Gasteiger partial charge in [0.2, 0.25) is 0 Å². The monoisotopic (exact) mass is 256 g/mol. The summed E-state index contributed by atoms with van der Waals surface area (Å²) in [6.45, 7) is 2.35. The topological polar surface area (TPSA) is 106 Å². The maximum atomic E-state index is 11.7. The Balaban J connectivity index is 1.94. The first kappa shape index (κ1) is 11.7. The number of sulfonamides is 1. The Labute approximate surface area is 98.1 Å². The quantitative estimate of drug-likeness (QED) is 0.735. The molecular weight excluding hydrogens is 244 g/mol. The standard InChI is InChI=1S/C8H12N6O2S/c1-7-9-6-8(12-7)17(15,16)11-3-5-14-4-2-10-13-14/h2,4,6,11H,3,5H2,1H3,(H,9,12). The molecule has 2 heterocycles. The fraction of sp³-hybridized carbons (Fsp3) is 0.375. The van der Waals surface area contributed by atoms with Gasteiger partial charge in [-0.1, -0.05) is 5.21 Å². The van der Waals surface area contributed by atoms with E-state index in [0.29, 0.717) is 12.4 Å². The number of rotatable bonds is 5. The second-order valence-electron chi connectivity index (χ2n) is 3.40. The Morgan fingerprint density at radius 3 is 2.94 bits per heavy atom. The van der Waals surface area contributed by atoms with Crippen molar-refractivity contribution in [1.82, 2.24) is 29.7 Å². The molecule has 2 aromatic heterocycles. The van der Waals surface area contributed by atoms with Crippen molar-refractivity contribution >= 4 is 10.0 Å². The first-order valence-corrected chi connectivity index (χ1v) is 6.41. The summed E-state index contributed by atoms with van der Waals surface area (Å²) in [5, 5.41) is 7.41. The zero-order valence-corrected chi connectivity index (χ0v) is 9.98. The summed E-state index contributed by atoms with van der Waals surface area (Å²) in [7, 11) is -3.52. The van der Waals surface area contributed by atoms with Crippen LogP contribution in [0.15, 0.2) is 23.6 Å². The molecule has 0 bridgehead atoms. The largest absolute Gasteiger partial charge is 0.332 e. The van der Waals surface area contributed by atoms with E-state index in [1.807, 2.05) is 0 Å². The van der Waals surface area contributed by atoms with Gasteiger partial charge in [0.1, 0.15) is 5.82 Å². The molecule has 0 aromatic carbocycles. The highest BCUT2D eigenvalue weighted by atomic mass is 32.2. The molecule has 0 radical (unpaired) electrons. The first-order chi connectivity index (χ1) is 8.08. The minimum Gasteiger partial charge on any atom is -0.332 e. The zero-order chi connectivity index (χ0) is 12.3. The SMILES string of the molecule is Cc1ncc(S(=O)(=O)NCCn2ccnn2)[nH]1. The van der Waals surface area contributed by atoms with Gasteiger partial charge in [-0.3, -0.25) is 4.68 Å². The molecule has 0 saturated heterocycles. The smallest absolute Gasteiger partial charge is 0.257 e. The average molecular weight is 256 g/mol. The molecule has 0 atom stereocenters. The minimum absolute atomic E-state index is 0.0635. The van der Waals surface area contributed by atoms with Crippen LogP contribution in [0.2, 0.25) is 0 Å². The van der Waals surface area contributed by atoms with Gasteiger partial charge in [-0.05, 0) is 6.92 Å². The molecule has 0 saturated carbocycles. The van der Waals surface area contributed by atoms with Gasteiger partial charge in [0.25, 0.3) is 10.0 Å². The number of hydrogen-bond acceptors (Lipinski definition) is 5. The van der Waals surface area contributed by atoms with Crippen LogP contribution >= 0.6 is 0 Å². The molecule has 2 aromatic rings. The van der Waals surface area contributed by atoms with Gasteiger partial charge in [0, 0.05) is 12.7 Å². The van der Waals surface area contributed by atoms with E-state index in [0.717, 1.165) is 0 Å². The molecule has 0 aliphatic rings. The summed E-state index contributed by atoms with van der Waals surface area (Å²) in [6, 6.07) is 0. The maximum absolute atomic E-state index is 11.7. The first-order valence-electron chi connectivity index (χ1n) is 4.93. The fourth-order valence-electron chi connectivity index (χ4n) is 1.26. The highest BCUT2D eigenvalue weighted by molar-refractivity contribution is 7.89. The summed E-state index contributed by atoms with van der Waals surface area (Å²) < 4.78 is 27.5. The van der Waals surface area contributed by atoms with Gasteiger partial charge < -0.3 is 4.98 Å². The van der Waals surface area contributed by atoms with Gasteiger partial charge in [-0.2, -0.15) is 0 Å². The lowest BCUT2D eigenvalue weighted by atomic mass is 10.6. The highest BCUT2D eigenvalue weighted by Gasteiger charge is 2.15. The number of aromatic nitrogens is 5. The van der Waals surface area contributed by atoms with Gasteiger partial charge in [0.15, 0.2) is 5.03 Å². The van der Waals surface area contributed by atoms with Crippen LogP contribution in [0.1, 0.15) is 5.82 Å². The number of aryl methyl sites for hydroxylation is 1. The summed E-state index contributed by atoms with van der Waals surface area (Å²) in [6.07, 6.45) is 4.48. The Kier molecular flexibility index (Phi) is 3.20. The minimum atomic E-state index is -3.52. The van der Waals surface area contributed by atoms with Crippen LogP contribution in [0.25, 0.3) is 0 Å². The lowest BCUT2D eigenvalue weighted by Gasteiger charge is -2.04. The molecule has 9 heteroatoms. The van der Waals surface area contributed by atoms with Crippen LogP contribution in [0.4, 0.5) is 0 Å². The normalized spacial score (nSPS) is 11.8. The molecule has 0 fully saturated rings. The van der Waals surface area contributed by atoms with Crippen molar-refractivity contribution in [3.63, 3.8) is 0 Å². The Morgan fingerprint density at radius 2 is 2.35 bits per heavy atom. The maximum Gasteiger partial charge on any atom is 0.257 e. The van der Waals surface area contributed by atoms with Crippen molar-refractivity contribution in [2.45, 2.75) is 18.5 Å². The number of nitrogens with one attached hydrogen (secondary N) is 2. The van der Waals surface area contributed by atoms with Gasteiger partial charge in [-0.25, -0.2) is 18.1 Å². The van der Waals surface area contributed by atoms with Crippen molar-refractivity contribution < 1.29 is 8.42 Å². The van der Waals surface area contributed by atoms with E-state index < -0.39 is 10.0 Å². The highest BCUT2D eigenvalue weighted by Crippen LogP contribution is 2.03. The third-order valence-electron chi connectivity index (χ3n) is 2.07. The number of imidazole rings is 1. The molecule has 2 rings (SSSR count). The summed E-state index contributed by atoms with van der Waals surface area (Å²) in [5.74, 6) is 0.557. The Hall–Kier alpha value is -1.74. The van der Waals surface area contributed by atoms with Crippen LogP contribution in [0, 0.1) is 6.92 Å². The molecule has 0 amide bonds. The second-order valence-corrected chi connectivity index (χ2v) is 5.13. The zero-order valence-electron chi connectivity index (χ0n) is 9.16. The summed E-state index contributed by atoms with van der Waals surface area (Å²) in [5.41, 5.74) is 0. The predicted octanol–water partition coefficient (Wildman–Crippen LogP) is -0.712. The Bertz CT molecular complexity index is 573. The van der Waals surface area contributed by atoms with E-state index in [2.05, 4.69) is 25.0 Å². The number of hydrogen-bond donors (Lipinski definition) is 2. The summed E-state index contributed by atoms with van der Waals surface area (Å²) >= 11 is 0. The van der Waals surface area contributed by atoms with Crippen LogP contribution in [-0.2, 0) is 16.6 Å². The van der Waals surface area contributed by atoms with Crippen LogP contribution in [-0.4, -0.2) is 39.9 Å². The molecule has 0 spiro atoms. The third-order valence-corrected chi connectivity index (χ3v) is 3.44.